The average molecular weight is 326 g/mol. The van der Waals surface area contributed by atoms with Crippen LogP contribution in [0.25, 0.3) is 0 Å². The van der Waals surface area contributed by atoms with Crippen LogP contribution in [-0.2, 0) is 11.2 Å². The molecule has 0 saturated carbocycles. The molecule has 0 radical (unpaired) electrons. The number of carbonyl (C=O) groups excluding carboxylic acids is 1. The van der Waals surface area contributed by atoms with Crippen LogP contribution < -0.4 is 15.4 Å². The van der Waals surface area contributed by atoms with Gasteiger partial charge < -0.3 is 15.4 Å². The summed E-state index contributed by atoms with van der Waals surface area (Å²) in [6, 6.07) is 17.9. The Labute approximate surface area is 144 Å². The van der Waals surface area contributed by atoms with E-state index in [2.05, 4.69) is 29.7 Å². The van der Waals surface area contributed by atoms with Gasteiger partial charge in [-0.2, -0.15) is 0 Å². The van der Waals surface area contributed by atoms with E-state index in [0.717, 1.165) is 37.3 Å². The molecule has 1 amide bonds. The van der Waals surface area contributed by atoms with Gasteiger partial charge in [0.25, 0.3) is 0 Å². The van der Waals surface area contributed by atoms with Crippen LogP contribution in [0.5, 0.6) is 5.75 Å². The van der Waals surface area contributed by atoms with Crippen LogP contribution in [-0.4, -0.2) is 25.6 Å². The zero-order valence-corrected chi connectivity index (χ0v) is 14.3. The Bertz CT molecular complexity index is 614. The van der Waals surface area contributed by atoms with E-state index in [-0.39, 0.29) is 12.5 Å². The number of benzene rings is 2. The van der Waals surface area contributed by atoms with Crippen molar-refractivity contribution >= 4 is 11.6 Å². The Balaban J connectivity index is 1.68. The first-order chi connectivity index (χ1) is 11.8. The van der Waals surface area contributed by atoms with Gasteiger partial charge in [-0.25, -0.2) is 0 Å². The summed E-state index contributed by atoms with van der Waals surface area (Å²) in [5.74, 6) is 0.821. The predicted octanol–water partition coefficient (Wildman–Crippen LogP) is 3.64. The Hall–Kier alpha value is -2.49. The first-order valence-electron chi connectivity index (χ1n) is 8.55. The highest BCUT2D eigenvalue weighted by Crippen LogP contribution is 2.17. The maximum Gasteiger partial charge on any atom is 0.239 e. The minimum atomic E-state index is -0.0109. The summed E-state index contributed by atoms with van der Waals surface area (Å²) in [6.45, 7) is 3.76. The Morgan fingerprint density at radius 3 is 2.71 bits per heavy atom. The molecule has 0 saturated heterocycles. The minimum Gasteiger partial charge on any atom is -0.494 e. The van der Waals surface area contributed by atoms with Crippen LogP contribution in [0.15, 0.2) is 54.6 Å². The highest BCUT2D eigenvalue weighted by Gasteiger charge is 2.02. The van der Waals surface area contributed by atoms with Crippen molar-refractivity contribution in [3.05, 3.63) is 60.2 Å². The van der Waals surface area contributed by atoms with Crippen molar-refractivity contribution in [2.24, 2.45) is 0 Å². The molecule has 0 unspecified atom stereocenters. The van der Waals surface area contributed by atoms with Crippen molar-refractivity contribution in [2.75, 3.05) is 25.0 Å². The third kappa shape index (κ3) is 6.73. The van der Waals surface area contributed by atoms with E-state index in [1.54, 1.807) is 0 Å². The van der Waals surface area contributed by atoms with Gasteiger partial charge in [0.2, 0.25) is 5.91 Å². The third-order valence-corrected chi connectivity index (χ3v) is 3.63. The lowest BCUT2D eigenvalue weighted by Crippen LogP contribution is -2.31. The Morgan fingerprint density at radius 1 is 1.08 bits per heavy atom. The standard InChI is InChI=1S/C20H26N2O2/c1-2-3-14-24-19-11-7-10-18(15-19)22-16-20(23)21-13-12-17-8-5-4-6-9-17/h4-11,15,22H,2-3,12-14,16H2,1H3,(H,21,23). The van der Waals surface area contributed by atoms with Crippen molar-refractivity contribution in [3.8, 4) is 5.75 Å². The van der Waals surface area contributed by atoms with E-state index in [0.29, 0.717) is 6.54 Å². The van der Waals surface area contributed by atoms with E-state index in [9.17, 15) is 4.79 Å². The van der Waals surface area contributed by atoms with Gasteiger partial charge >= 0.3 is 0 Å². The number of rotatable bonds is 10. The molecule has 24 heavy (non-hydrogen) atoms. The molecule has 0 heterocycles. The monoisotopic (exact) mass is 326 g/mol. The summed E-state index contributed by atoms with van der Waals surface area (Å²) >= 11 is 0. The number of hydrogen-bond donors (Lipinski definition) is 2. The van der Waals surface area contributed by atoms with Crippen molar-refractivity contribution in [2.45, 2.75) is 26.2 Å². The van der Waals surface area contributed by atoms with E-state index in [1.165, 1.54) is 5.56 Å². The molecule has 4 heteroatoms. The van der Waals surface area contributed by atoms with Crippen LogP contribution in [0.3, 0.4) is 0 Å². The Morgan fingerprint density at radius 2 is 1.92 bits per heavy atom. The second-order valence-electron chi connectivity index (χ2n) is 5.67. The summed E-state index contributed by atoms with van der Waals surface area (Å²) in [4.78, 5) is 11.9. The molecule has 4 nitrogen and oxygen atoms in total. The molecule has 2 rings (SSSR count). The molecule has 0 aliphatic carbocycles. The fraction of sp³-hybridized carbons (Fsp3) is 0.350. The molecule has 0 aromatic heterocycles. The summed E-state index contributed by atoms with van der Waals surface area (Å²) in [6.07, 6.45) is 3.00. The number of amides is 1. The van der Waals surface area contributed by atoms with Gasteiger partial charge in [0.15, 0.2) is 0 Å². The van der Waals surface area contributed by atoms with Crippen molar-refractivity contribution < 1.29 is 9.53 Å². The van der Waals surface area contributed by atoms with Crippen LogP contribution in [0.4, 0.5) is 5.69 Å². The molecule has 128 valence electrons. The molecule has 0 atom stereocenters. The fourth-order valence-electron chi connectivity index (χ4n) is 2.27. The zero-order valence-electron chi connectivity index (χ0n) is 14.3. The van der Waals surface area contributed by atoms with E-state index in [1.807, 2.05) is 42.5 Å². The second kappa shape index (κ2) is 10.3. The molecule has 2 aromatic rings. The number of carbonyl (C=O) groups is 1. The average Bonchev–Trinajstić information content (AvgIpc) is 2.62. The molecule has 0 aliphatic heterocycles. The van der Waals surface area contributed by atoms with Crippen LogP contribution >= 0.6 is 0 Å². The third-order valence-electron chi connectivity index (χ3n) is 3.63. The van der Waals surface area contributed by atoms with Gasteiger partial charge in [0, 0.05) is 18.3 Å². The van der Waals surface area contributed by atoms with Crippen LogP contribution in [0.2, 0.25) is 0 Å². The van der Waals surface area contributed by atoms with E-state index < -0.39 is 0 Å². The van der Waals surface area contributed by atoms with Gasteiger partial charge in [-0.15, -0.1) is 0 Å². The number of ether oxygens (including phenoxy) is 1. The topological polar surface area (TPSA) is 50.4 Å². The molecular formula is C20H26N2O2. The SMILES string of the molecule is CCCCOc1cccc(NCC(=O)NCCc2ccccc2)c1. The highest BCUT2D eigenvalue weighted by molar-refractivity contribution is 5.80. The first kappa shape index (κ1) is 17.9. The lowest BCUT2D eigenvalue weighted by Gasteiger charge is -2.10. The minimum absolute atomic E-state index is 0.0109. The zero-order chi connectivity index (χ0) is 17.0. The van der Waals surface area contributed by atoms with Gasteiger partial charge in [-0.05, 0) is 30.5 Å². The van der Waals surface area contributed by atoms with Crippen molar-refractivity contribution in [1.29, 1.82) is 0 Å². The first-order valence-corrected chi connectivity index (χ1v) is 8.55. The molecular weight excluding hydrogens is 300 g/mol. The molecule has 0 spiro atoms. The lowest BCUT2D eigenvalue weighted by molar-refractivity contribution is -0.119. The summed E-state index contributed by atoms with van der Waals surface area (Å²) in [7, 11) is 0. The number of hydrogen-bond acceptors (Lipinski definition) is 3. The molecule has 0 bridgehead atoms. The lowest BCUT2D eigenvalue weighted by atomic mass is 10.1. The molecule has 0 aliphatic rings. The van der Waals surface area contributed by atoms with Gasteiger partial charge in [0.1, 0.15) is 5.75 Å². The van der Waals surface area contributed by atoms with E-state index >= 15 is 0 Å². The summed E-state index contributed by atoms with van der Waals surface area (Å²) < 4.78 is 5.67. The number of nitrogens with one attached hydrogen (secondary N) is 2. The van der Waals surface area contributed by atoms with Crippen LogP contribution in [0.1, 0.15) is 25.3 Å². The smallest absolute Gasteiger partial charge is 0.239 e. The Kier molecular flexibility index (Phi) is 7.68. The maximum atomic E-state index is 11.9. The second-order valence-corrected chi connectivity index (χ2v) is 5.67. The quantitative estimate of drug-likeness (QED) is 0.656. The molecule has 2 aromatic carbocycles. The van der Waals surface area contributed by atoms with Gasteiger partial charge in [-0.1, -0.05) is 49.7 Å². The molecule has 0 fully saturated rings. The van der Waals surface area contributed by atoms with E-state index in [4.69, 9.17) is 4.74 Å². The fourth-order valence-corrected chi connectivity index (χ4v) is 2.27. The van der Waals surface area contributed by atoms with Crippen molar-refractivity contribution in [1.82, 2.24) is 5.32 Å². The van der Waals surface area contributed by atoms with Crippen molar-refractivity contribution in [3.63, 3.8) is 0 Å². The van der Waals surface area contributed by atoms with Gasteiger partial charge in [-0.3, -0.25) is 4.79 Å². The van der Waals surface area contributed by atoms with Crippen LogP contribution in [0, 0.1) is 0 Å². The largest absolute Gasteiger partial charge is 0.494 e. The summed E-state index contributed by atoms with van der Waals surface area (Å²) in [5, 5.41) is 6.06. The highest BCUT2D eigenvalue weighted by atomic mass is 16.5. The predicted molar refractivity (Wildman–Crippen MR) is 98.5 cm³/mol. The summed E-state index contributed by atoms with van der Waals surface area (Å²) in [5.41, 5.74) is 2.12. The normalized spacial score (nSPS) is 10.2. The number of anilines is 1. The maximum absolute atomic E-state index is 11.9. The van der Waals surface area contributed by atoms with Gasteiger partial charge in [0.05, 0.1) is 13.2 Å². The molecule has 2 N–H and O–H groups in total. The number of unbranched alkanes of at least 4 members (excludes halogenated alkanes) is 1.